The minimum Gasteiger partial charge on any atom is -0.387 e. The number of hydrogen-bond donors (Lipinski definition) is 3. The van der Waals surface area contributed by atoms with Crippen LogP contribution in [0.2, 0.25) is 0 Å². The molecule has 29 heavy (non-hydrogen) atoms. The Kier molecular flexibility index (Phi) is 7.41. The summed E-state index contributed by atoms with van der Waals surface area (Å²) < 4.78 is 2.04. The number of aliphatic hydroxyl groups excluding tert-OH is 1. The summed E-state index contributed by atoms with van der Waals surface area (Å²) in [7, 11) is 0. The molecule has 0 amide bonds. The van der Waals surface area contributed by atoms with Crippen LogP contribution in [-0.2, 0) is 0 Å². The van der Waals surface area contributed by atoms with Crippen molar-refractivity contribution in [2.45, 2.75) is 58.6 Å². The molecule has 0 unspecified atom stereocenters. The van der Waals surface area contributed by atoms with Gasteiger partial charge in [-0.05, 0) is 25.8 Å². The number of imidazole rings is 1. The molecule has 156 valence electrons. The maximum atomic E-state index is 10.5. The molecular weight excluding hydrogens is 364 g/mol. The molecule has 3 rings (SSSR count). The highest BCUT2D eigenvalue weighted by atomic mass is 16.3. The highest BCUT2D eigenvalue weighted by molar-refractivity contribution is 5.84. The summed E-state index contributed by atoms with van der Waals surface area (Å²) in [6.45, 7) is 7.61. The molecule has 1 atom stereocenters. The summed E-state index contributed by atoms with van der Waals surface area (Å²) in [6.07, 6.45) is 5.92. The van der Waals surface area contributed by atoms with Crippen LogP contribution in [0.25, 0.3) is 11.2 Å². The Morgan fingerprint density at radius 2 is 1.83 bits per heavy atom. The predicted octanol–water partition coefficient (Wildman–Crippen LogP) is 4.54. The molecule has 0 bridgehead atoms. The molecule has 2 heterocycles. The van der Waals surface area contributed by atoms with Gasteiger partial charge in [-0.2, -0.15) is 9.97 Å². The lowest BCUT2D eigenvalue weighted by Crippen LogP contribution is -2.15. The molecule has 0 saturated heterocycles. The van der Waals surface area contributed by atoms with Crippen molar-refractivity contribution in [3.05, 3.63) is 42.2 Å². The molecule has 2 aromatic heterocycles. The number of hydrogen-bond acceptors (Lipinski definition) is 6. The predicted molar refractivity (Wildman–Crippen MR) is 118 cm³/mol. The summed E-state index contributed by atoms with van der Waals surface area (Å²) in [4.78, 5) is 13.9. The fourth-order valence-corrected chi connectivity index (χ4v) is 3.24. The van der Waals surface area contributed by atoms with Crippen molar-refractivity contribution in [1.29, 1.82) is 0 Å². The lowest BCUT2D eigenvalue weighted by Gasteiger charge is -2.14. The van der Waals surface area contributed by atoms with Gasteiger partial charge in [-0.15, -0.1) is 0 Å². The highest BCUT2D eigenvalue weighted by Crippen LogP contribution is 2.24. The van der Waals surface area contributed by atoms with E-state index in [9.17, 15) is 5.11 Å². The average molecular weight is 397 g/mol. The van der Waals surface area contributed by atoms with Gasteiger partial charge in [0.2, 0.25) is 5.95 Å². The van der Waals surface area contributed by atoms with Gasteiger partial charge in [0.1, 0.15) is 0 Å². The van der Waals surface area contributed by atoms with E-state index in [1.165, 1.54) is 19.3 Å². The van der Waals surface area contributed by atoms with E-state index < -0.39 is 6.10 Å². The number of rotatable bonds is 11. The van der Waals surface area contributed by atoms with E-state index in [4.69, 9.17) is 4.98 Å². The van der Waals surface area contributed by atoms with Crippen LogP contribution in [0.5, 0.6) is 0 Å². The second kappa shape index (κ2) is 10.2. The minimum atomic E-state index is -0.626. The third kappa shape index (κ3) is 5.44. The maximum Gasteiger partial charge on any atom is 0.226 e. The van der Waals surface area contributed by atoms with Gasteiger partial charge >= 0.3 is 0 Å². The standard InChI is InChI=1S/C22H32N6O/c1-4-5-6-10-13-23-22-26-20(19-21(27-22)28(15-25-19)16(2)3)24-14-18(29)17-11-8-7-9-12-17/h7-9,11-12,15-16,18,29H,4-6,10,13-14H2,1-3H3,(H2,23,24,26,27)/t18-/m0/s1. The molecule has 0 aliphatic heterocycles. The zero-order valence-electron chi connectivity index (χ0n) is 17.6. The highest BCUT2D eigenvalue weighted by Gasteiger charge is 2.16. The van der Waals surface area contributed by atoms with Gasteiger partial charge in [0.05, 0.1) is 12.4 Å². The zero-order valence-corrected chi connectivity index (χ0v) is 17.6. The largest absolute Gasteiger partial charge is 0.387 e. The number of aromatic nitrogens is 4. The summed E-state index contributed by atoms with van der Waals surface area (Å²) >= 11 is 0. The van der Waals surface area contributed by atoms with Crippen LogP contribution in [0.1, 0.15) is 64.2 Å². The van der Waals surface area contributed by atoms with Crippen LogP contribution >= 0.6 is 0 Å². The second-order valence-electron chi connectivity index (χ2n) is 7.61. The second-order valence-corrected chi connectivity index (χ2v) is 7.61. The lowest BCUT2D eigenvalue weighted by molar-refractivity contribution is 0.191. The molecular formula is C22H32N6O. The van der Waals surface area contributed by atoms with Gasteiger partial charge in [0.15, 0.2) is 17.0 Å². The van der Waals surface area contributed by atoms with E-state index in [1.807, 2.05) is 34.9 Å². The van der Waals surface area contributed by atoms with Gasteiger partial charge in [0, 0.05) is 19.1 Å². The molecule has 0 saturated carbocycles. The first kappa shape index (κ1) is 21.0. The van der Waals surface area contributed by atoms with E-state index in [0.29, 0.717) is 18.3 Å². The molecule has 3 N–H and O–H groups in total. The van der Waals surface area contributed by atoms with Crippen LogP contribution in [0, 0.1) is 0 Å². The zero-order chi connectivity index (χ0) is 20.6. The molecule has 0 radical (unpaired) electrons. The smallest absolute Gasteiger partial charge is 0.226 e. The van der Waals surface area contributed by atoms with Crippen molar-refractivity contribution < 1.29 is 5.11 Å². The van der Waals surface area contributed by atoms with E-state index in [1.54, 1.807) is 6.33 Å². The number of fused-ring (bicyclic) bond motifs is 1. The third-order valence-electron chi connectivity index (χ3n) is 4.94. The summed E-state index contributed by atoms with van der Waals surface area (Å²) in [5.41, 5.74) is 2.38. The number of unbranched alkanes of at least 4 members (excludes halogenated alkanes) is 3. The molecule has 7 nitrogen and oxygen atoms in total. The van der Waals surface area contributed by atoms with E-state index >= 15 is 0 Å². The van der Waals surface area contributed by atoms with Crippen molar-refractivity contribution in [1.82, 2.24) is 19.5 Å². The number of aliphatic hydroxyl groups is 1. The molecule has 0 fully saturated rings. The molecule has 1 aromatic carbocycles. The van der Waals surface area contributed by atoms with Gasteiger partial charge in [-0.1, -0.05) is 56.5 Å². The quantitative estimate of drug-likeness (QED) is 0.412. The Morgan fingerprint density at radius 1 is 1.03 bits per heavy atom. The Labute approximate surface area is 172 Å². The van der Waals surface area contributed by atoms with E-state index in [2.05, 4.69) is 41.4 Å². The molecule has 3 aromatic rings. The molecule has 0 aliphatic carbocycles. The van der Waals surface area contributed by atoms with Crippen LogP contribution in [0.3, 0.4) is 0 Å². The third-order valence-corrected chi connectivity index (χ3v) is 4.94. The van der Waals surface area contributed by atoms with E-state index in [0.717, 1.165) is 29.7 Å². The number of nitrogens with zero attached hydrogens (tertiary/aromatic N) is 4. The number of nitrogens with one attached hydrogen (secondary N) is 2. The van der Waals surface area contributed by atoms with Crippen molar-refractivity contribution >= 4 is 22.9 Å². The fraction of sp³-hybridized carbons (Fsp3) is 0.500. The topological polar surface area (TPSA) is 87.9 Å². The normalized spacial score (nSPS) is 12.4. The first-order valence-electron chi connectivity index (χ1n) is 10.6. The summed E-state index contributed by atoms with van der Waals surface area (Å²) in [6, 6.07) is 9.86. The van der Waals surface area contributed by atoms with Crippen LogP contribution in [-0.4, -0.2) is 37.7 Å². The average Bonchev–Trinajstić information content (AvgIpc) is 3.16. The lowest BCUT2D eigenvalue weighted by atomic mass is 10.1. The van der Waals surface area contributed by atoms with Gasteiger partial charge in [-0.25, -0.2) is 4.98 Å². The fourth-order valence-electron chi connectivity index (χ4n) is 3.24. The SMILES string of the molecule is CCCCCCNc1nc(NC[C@H](O)c2ccccc2)c2ncn(C(C)C)c2n1. The van der Waals surface area contributed by atoms with Gasteiger partial charge < -0.3 is 20.3 Å². The monoisotopic (exact) mass is 396 g/mol. The summed E-state index contributed by atoms with van der Waals surface area (Å²) in [5.74, 6) is 1.23. The Balaban J connectivity index is 1.78. The van der Waals surface area contributed by atoms with Crippen molar-refractivity contribution in [3.8, 4) is 0 Å². The first-order valence-corrected chi connectivity index (χ1v) is 10.6. The van der Waals surface area contributed by atoms with Crippen molar-refractivity contribution in [2.24, 2.45) is 0 Å². The van der Waals surface area contributed by atoms with Crippen molar-refractivity contribution in [2.75, 3.05) is 23.7 Å². The van der Waals surface area contributed by atoms with E-state index in [-0.39, 0.29) is 6.04 Å². The van der Waals surface area contributed by atoms with Crippen LogP contribution < -0.4 is 10.6 Å². The Morgan fingerprint density at radius 3 is 2.55 bits per heavy atom. The minimum absolute atomic E-state index is 0.245. The molecule has 0 spiro atoms. The van der Waals surface area contributed by atoms with Gasteiger partial charge in [0.25, 0.3) is 0 Å². The maximum absolute atomic E-state index is 10.5. The van der Waals surface area contributed by atoms with Crippen LogP contribution in [0.15, 0.2) is 36.7 Å². The number of benzene rings is 1. The Hall–Kier alpha value is -2.67. The van der Waals surface area contributed by atoms with Crippen LogP contribution in [0.4, 0.5) is 11.8 Å². The Bertz CT molecular complexity index is 893. The first-order chi connectivity index (χ1) is 14.1. The number of anilines is 2. The van der Waals surface area contributed by atoms with Gasteiger partial charge in [-0.3, -0.25) is 0 Å². The molecule has 0 aliphatic rings. The van der Waals surface area contributed by atoms with Crippen molar-refractivity contribution in [3.63, 3.8) is 0 Å². The molecule has 7 heteroatoms. The summed E-state index contributed by atoms with van der Waals surface area (Å²) in [5, 5.41) is 17.1.